The van der Waals surface area contributed by atoms with Gasteiger partial charge in [-0.3, -0.25) is 4.79 Å². The van der Waals surface area contributed by atoms with Gasteiger partial charge in [-0.15, -0.1) is 0 Å². The molecule has 1 aliphatic rings. The smallest absolute Gasteiger partial charge is 0.186 e. The highest BCUT2D eigenvalue weighted by Crippen LogP contribution is 2.24. The van der Waals surface area contributed by atoms with Crippen molar-refractivity contribution in [2.75, 3.05) is 13.2 Å². The molecule has 0 aliphatic carbocycles. The zero-order valence-corrected chi connectivity index (χ0v) is 34.3. The molecule has 314 valence electrons. The topological polar surface area (TPSA) is 157 Å². The fourth-order valence-electron chi connectivity index (χ4n) is 7.24. The summed E-state index contributed by atoms with van der Waals surface area (Å²) < 4.78 is 11.1. The number of aliphatic hydroxyl groups excluding tert-OH is 6. The summed E-state index contributed by atoms with van der Waals surface area (Å²) in [5.41, 5.74) is 0. The van der Waals surface area contributed by atoms with E-state index in [1.807, 2.05) is 6.08 Å². The maximum Gasteiger partial charge on any atom is 0.186 e. The molecule has 0 saturated carbocycles. The largest absolute Gasteiger partial charge is 0.394 e. The molecule has 6 N–H and O–H groups in total. The lowest BCUT2D eigenvalue weighted by atomic mass is 9.91. The number of carbonyl (C=O) groups is 1. The average molecular weight is 757 g/mol. The van der Waals surface area contributed by atoms with Gasteiger partial charge in [0.05, 0.1) is 25.2 Å². The molecule has 1 rings (SSSR count). The van der Waals surface area contributed by atoms with E-state index in [1.54, 1.807) is 6.08 Å². The van der Waals surface area contributed by atoms with Gasteiger partial charge in [0.1, 0.15) is 30.5 Å². The van der Waals surface area contributed by atoms with Crippen molar-refractivity contribution in [2.45, 2.75) is 237 Å². The number of ketones is 1. The molecule has 53 heavy (non-hydrogen) atoms. The van der Waals surface area contributed by atoms with E-state index in [0.717, 1.165) is 44.4 Å². The molecule has 0 aromatic rings. The minimum atomic E-state index is -1.62. The number of hydrogen-bond acceptors (Lipinski definition) is 9. The van der Waals surface area contributed by atoms with Crippen LogP contribution < -0.4 is 0 Å². The van der Waals surface area contributed by atoms with Gasteiger partial charge in [0, 0.05) is 0 Å². The van der Waals surface area contributed by atoms with Crippen LogP contribution >= 0.6 is 0 Å². The number of unbranched alkanes of at least 4 members (excludes halogenated alkanes) is 22. The molecule has 9 atom stereocenters. The van der Waals surface area contributed by atoms with Crippen LogP contribution in [0.25, 0.3) is 0 Å². The molecule has 0 bridgehead atoms. The SMILES string of the molecule is CCCCCCCCCCCCCCCCCC[C@@H](O)C(=O)[C@@H](CO[C@@H]1O[C@H](CO)[C@H](O)[C@H](O)[C@H]1O)[C@H](O)/C=C/CCCCCCCCCC(C)CC. The third-order valence-electron chi connectivity index (χ3n) is 11.3. The van der Waals surface area contributed by atoms with Crippen molar-refractivity contribution in [2.24, 2.45) is 11.8 Å². The first kappa shape index (κ1) is 50.1. The minimum Gasteiger partial charge on any atom is -0.394 e. The Morgan fingerprint density at radius 3 is 1.62 bits per heavy atom. The summed E-state index contributed by atoms with van der Waals surface area (Å²) in [6, 6.07) is 0. The molecular formula is C44H84O9. The maximum absolute atomic E-state index is 13.4. The number of allylic oxidation sites excluding steroid dienone is 1. The Hall–Kier alpha value is -0.910. The number of Topliss-reactive ketones (excluding diaryl/α,β-unsaturated/α-hetero) is 1. The van der Waals surface area contributed by atoms with Gasteiger partial charge in [-0.25, -0.2) is 0 Å². The summed E-state index contributed by atoms with van der Waals surface area (Å²) in [4.78, 5) is 13.4. The van der Waals surface area contributed by atoms with Crippen LogP contribution in [-0.4, -0.2) is 92.5 Å². The lowest BCUT2D eigenvalue weighted by molar-refractivity contribution is -0.303. The van der Waals surface area contributed by atoms with Crippen LogP contribution in [0.5, 0.6) is 0 Å². The number of carbonyl (C=O) groups excluding carboxylic acids is 1. The Bertz CT molecular complexity index is 868. The fraction of sp³-hybridized carbons (Fsp3) is 0.932. The molecule has 9 heteroatoms. The fourth-order valence-corrected chi connectivity index (χ4v) is 7.24. The second kappa shape index (κ2) is 33.3. The van der Waals surface area contributed by atoms with Crippen molar-refractivity contribution in [3.05, 3.63) is 12.2 Å². The standard InChI is InChI=1S/C44H84O9/c1-4-6-7-8-9-10-11-12-13-14-15-16-19-23-26-29-32-38(47)40(48)36(34-52-44-43(51)42(50)41(49)39(33-45)53-44)37(46)31-28-25-22-20-17-18-21-24-27-30-35(3)5-2/h28,31,35-39,41-47,49-51H,4-27,29-30,32-34H2,1-3H3/b31-28+/t35?,36-,37+,38+,39+,41-,42-,43+,44+/m0/s1. The van der Waals surface area contributed by atoms with E-state index in [1.165, 1.54) is 122 Å². The summed E-state index contributed by atoms with van der Waals surface area (Å²) in [5, 5.41) is 62.1. The Balaban J connectivity index is 2.46. The summed E-state index contributed by atoms with van der Waals surface area (Å²) in [7, 11) is 0. The van der Waals surface area contributed by atoms with E-state index in [9.17, 15) is 35.4 Å². The van der Waals surface area contributed by atoms with E-state index in [4.69, 9.17) is 9.47 Å². The van der Waals surface area contributed by atoms with Crippen molar-refractivity contribution in [3.8, 4) is 0 Å². The third-order valence-corrected chi connectivity index (χ3v) is 11.3. The second-order valence-corrected chi connectivity index (χ2v) is 16.1. The predicted octanol–water partition coefficient (Wildman–Crippen LogP) is 8.47. The summed E-state index contributed by atoms with van der Waals surface area (Å²) in [5.74, 6) is -0.843. The van der Waals surface area contributed by atoms with E-state index in [2.05, 4.69) is 20.8 Å². The normalized spacial score (nSPS) is 23.0. The van der Waals surface area contributed by atoms with Gasteiger partial charge in [0.25, 0.3) is 0 Å². The minimum absolute atomic E-state index is 0.294. The molecule has 0 spiro atoms. The molecule has 1 fully saturated rings. The predicted molar refractivity (Wildman–Crippen MR) is 215 cm³/mol. The zero-order chi connectivity index (χ0) is 39.1. The molecule has 0 amide bonds. The lowest BCUT2D eigenvalue weighted by Crippen LogP contribution is -2.59. The third kappa shape index (κ3) is 23.7. The van der Waals surface area contributed by atoms with E-state index in [-0.39, 0.29) is 6.61 Å². The molecule has 1 heterocycles. The van der Waals surface area contributed by atoms with Gasteiger partial charge in [0.15, 0.2) is 12.1 Å². The molecular weight excluding hydrogens is 672 g/mol. The van der Waals surface area contributed by atoms with E-state index < -0.39 is 61.2 Å². The van der Waals surface area contributed by atoms with Crippen LogP contribution in [0.4, 0.5) is 0 Å². The summed E-state index contributed by atoms with van der Waals surface area (Å²) >= 11 is 0. The van der Waals surface area contributed by atoms with Crippen LogP contribution in [0.2, 0.25) is 0 Å². The summed E-state index contributed by atoms with van der Waals surface area (Å²) in [6.07, 6.45) is 25.5. The molecule has 0 aromatic carbocycles. The number of ether oxygens (including phenoxy) is 2. The Kier molecular flexibility index (Phi) is 31.4. The highest BCUT2D eigenvalue weighted by atomic mass is 16.7. The first-order valence-corrected chi connectivity index (χ1v) is 22.2. The molecule has 1 unspecified atom stereocenters. The number of rotatable bonds is 36. The molecule has 0 aromatic heterocycles. The monoisotopic (exact) mass is 757 g/mol. The van der Waals surface area contributed by atoms with Gasteiger partial charge >= 0.3 is 0 Å². The van der Waals surface area contributed by atoms with Gasteiger partial charge in [0.2, 0.25) is 0 Å². The molecule has 1 saturated heterocycles. The van der Waals surface area contributed by atoms with Gasteiger partial charge < -0.3 is 40.1 Å². The van der Waals surface area contributed by atoms with Crippen LogP contribution in [-0.2, 0) is 14.3 Å². The highest BCUT2D eigenvalue weighted by Gasteiger charge is 2.44. The van der Waals surface area contributed by atoms with Gasteiger partial charge in [-0.2, -0.15) is 0 Å². The number of aliphatic hydroxyl groups is 6. The molecule has 1 aliphatic heterocycles. The Labute approximate surface area is 324 Å². The van der Waals surface area contributed by atoms with Crippen molar-refractivity contribution < 1.29 is 44.9 Å². The number of hydrogen-bond donors (Lipinski definition) is 6. The molecule has 9 nitrogen and oxygen atoms in total. The first-order valence-electron chi connectivity index (χ1n) is 22.2. The van der Waals surface area contributed by atoms with Gasteiger partial charge in [-0.05, 0) is 25.2 Å². The first-order chi connectivity index (χ1) is 25.7. The highest BCUT2D eigenvalue weighted by molar-refractivity contribution is 5.86. The Morgan fingerprint density at radius 2 is 1.13 bits per heavy atom. The van der Waals surface area contributed by atoms with Gasteiger partial charge in [-0.1, -0.05) is 187 Å². The van der Waals surface area contributed by atoms with Crippen molar-refractivity contribution in [1.82, 2.24) is 0 Å². The van der Waals surface area contributed by atoms with Crippen molar-refractivity contribution >= 4 is 5.78 Å². The maximum atomic E-state index is 13.4. The van der Waals surface area contributed by atoms with Crippen LogP contribution in [0.15, 0.2) is 12.2 Å². The van der Waals surface area contributed by atoms with E-state index >= 15 is 0 Å². The quantitative estimate of drug-likeness (QED) is 0.0273. The lowest BCUT2D eigenvalue weighted by Gasteiger charge is -2.40. The van der Waals surface area contributed by atoms with Crippen LogP contribution in [0.3, 0.4) is 0 Å². The zero-order valence-electron chi connectivity index (χ0n) is 34.3. The molecule has 0 radical (unpaired) electrons. The van der Waals surface area contributed by atoms with Crippen molar-refractivity contribution in [3.63, 3.8) is 0 Å². The van der Waals surface area contributed by atoms with Crippen molar-refractivity contribution in [1.29, 1.82) is 0 Å². The van der Waals surface area contributed by atoms with E-state index in [0.29, 0.717) is 12.8 Å². The summed E-state index contributed by atoms with van der Waals surface area (Å²) in [6.45, 7) is 5.85. The second-order valence-electron chi connectivity index (χ2n) is 16.1. The van der Waals surface area contributed by atoms with Crippen LogP contribution in [0, 0.1) is 11.8 Å². The Morgan fingerprint density at radius 1 is 0.660 bits per heavy atom. The average Bonchev–Trinajstić information content (AvgIpc) is 3.16. The van der Waals surface area contributed by atoms with Crippen LogP contribution in [0.1, 0.15) is 194 Å².